The first kappa shape index (κ1) is 23.9. The number of thiazole rings is 1. The van der Waals surface area contributed by atoms with Crippen LogP contribution in [0.4, 0.5) is 13.9 Å². The molecular weight excluding hydrogens is 518 g/mol. The van der Waals surface area contributed by atoms with E-state index in [1.54, 1.807) is 42.5 Å². The molecule has 4 aromatic heterocycles. The molecule has 0 saturated carbocycles. The fourth-order valence-corrected chi connectivity index (χ4v) is 7.05. The zero-order valence-corrected chi connectivity index (χ0v) is 21.4. The van der Waals surface area contributed by atoms with Crippen molar-refractivity contribution in [2.75, 3.05) is 5.32 Å². The van der Waals surface area contributed by atoms with Crippen molar-refractivity contribution < 1.29 is 13.6 Å². The first-order chi connectivity index (χ1) is 17.9. The molecule has 190 valence electrons. The SMILES string of the molecule is Cc1nc(NC(=O)CCc2nc3sc4c(c3c(=O)[nH]2)CCCC4)sc1-c1nc2ccccc2n1C(F)F. The van der Waals surface area contributed by atoms with Crippen molar-refractivity contribution in [2.45, 2.75) is 52.0 Å². The van der Waals surface area contributed by atoms with Gasteiger partial charge in [0.05, 0.1) is 27.0 Å². The number of thiophene rings is 1. The van der Waals surface area contributed by atoms with Crippen LogP contribution in [0.2, 0.25) is 0 Å². The molecule has 0 spiro atoms. The number of aryl methyl sites for hydroxylation is 4. The summed E-state index contributed by atoms with van der Waals surface area (Å²) in [4.78, 5) is 44.0. The Kier molecular flexibility index (Phi) is 6.07. The Labute approximate surface area is 217 Å². The summed E-state index contributed by atoms with van der Waals surface area (Å²) >= 11 is 2.67. The van der Waals surface area contributed by atoms with Crippen LogP contribution >= 0.6 is 22.7 Å². The number of para-hydroxylation sites is 2. The summed E-state index contributed by atoms with van der Waals surface area (Å²) in [6.45, 7) is -1.08. The number of amides is 1. The Bertz CT molecular complexity index is 1720. The van der Waals surface area contributed by atoms with Crippen LogP contribution in [0.1, 0.15) is 47.8 Å². The molecule has 0 saturated heterocycles. The van der Waals surface area contributed by atoms with E-state index in [0.717, 1.165) is 52.0 Å². The van der Waals surface area contributed by atoms with E-state index in [1.165, 1.54) is 4.88 Å². The smallest absolute Gasteiger partial charge is 0.310 e. The summed E-state index contributed by atoms with van der Waals surface area (Å²) in [5.41, 5.74) is 2.26. The van der Waals surface area contributed by atoms with E-state index in [9.17, 15) is 18.4 Å². The van der Waals surface area contributed by atoms with E-state index in [1.807, 2.05) is 0 Å². The second kappa shape index (κ2) is 9.42. The number of anilines is 1. The van der Waals surface area contributed by atoms with Gasteiger partial charge >= 0.3 is 6.55 Å². The maximum atomic E-state index is 13.9. The molecule has 6 rings (SSSR count). The largest absolute Gasteiger partial charge is 0.320 e. The molecule has 0 radical (unpaired) electrons. The monoisotopic (exact) mass is 540 g/mol. The highest BCUT2D eigenvalue weighted by molar-refractivity contribution is 7.19. The number of aromatic amines is 1. The highest BCUT2D eigenvalue weighted by Gasteiger charge is 2.23. The number of fused-ring (bicyclic) bond motifs is 4. The van der Waals surface area contributed by atoms with Gasteiger partial charge in [0, 0.05) is 17.7 Å². The lowest BCUT2D eigenvalue weighted by atomic mass is 9.97. The van der Waals surface area contributed by atoms with Gasteiger partial charge in [-0.1, -0.05) is 23.5 Å². The lowest BCUT2D eigenvalue weighted by molar-refractivity contribution is -0.116. The Morgan fingerprint density at radius 2 is 1.97 bits per heavy atom. The summed E-state index contributed by atoms with van der Waals surface area (Å²) in [6.07, 6.45) is 4.45. The van der Waals surface area contributed by atoms with Crippen molar-refractivity contribution in [1.29, 1.82) is 0 Å². The minimum absolute atomic E-state index is 0.0864. The molecule has 0 bridgehead atoms. The molecule has 0 unspecified atom stereocenters. The number of H-pyrrole nitrogens is 1. The normalized spacial score (nSPS) is 13.5. The molecule has 1 aliphatic carbocycles. The first-order valence-corrected chi connectivity index (χ1v) is 13.6. The van der Waals surface area contributed by atoms with Crippen LogP contribution < -0.4 is 10.9 Å². The second-order valence-electron chi connectivity index (χ2n) is 8.96. The van der Waals surface area contributed by atoms with Gasteiger partial charge in [-0.3, -0.25) is 14.2 Å². The van der Waals surface area contributed by atoms with Gasteiger partial charge in [0.1, 0.15) is 10.7 Å². The summed E-state index contributed by atoms with van der Waals surface area (Å²) in [5, 5.41) is 3.73. The molecule has 0 atom stereocenters. The lowest BCUT2D eigenvalue weighted by Crippen LogP contribution is -2.16. The molecule has 4 heterocycles. The van der Waals surface area contributed by atoms with Gasteiger partial charge in [0.2, 0.25) is 5.91 Å². The molecule has 37 heavy (non-hydrogen) atoms. The summed E-state index contributed by atoms with van der Waals surface area (Å²) in [6, 6.07) is 6.70. The van der Waals surface area contributed by atoms with Crippen molar-refractivity contribution in [3.63, 3.8) is 0 Å². The number of nitrogens with zero attached hydrogens (tertiary/aromatic N) is 4. The van der Waals surface area contributed by atoms with Gasteiger partial charge in [-0.15, -0.1) is 11.3 Å². The zero-order valence-electron chi connectivity index (χ0n) is 19.8. The predicted molar refractivity (Wildman–Crippen MR) is 141 cm³/mol. The highest BCUT2D eigenvalue weighted by Crippen LogP contribution is 2.37. The Morgan fingerprint density at radius 1 is 1.16 bits per heavy atom. The molecule has 12 heteroatoms. The first-order valence-electron chi connectivity index (χ1n) is 11.9. The fourth-order valence-electron chi connectivity index (χ4n) is 4.80. The van der Waals surface area contributed by atoms with E-state index < -0.39 is 6.55 Å². The summed E-state index contributed by atoms with van der Waals surface area (Å²) in [7, 11) is 0. The zero-order chi connectivity index (χ0) is 25.7. The molecule has 0 aliphatic heterocycles. The third-order valence-electron chi connectivity index (χ3n) is 6.50. The number of aromatic nitrogens is 5. The van der Waals surface area contributed by atoms with Gasteiger partial charge in [-0.2, -0.15) is 8.78 Å². The number of nitrogens with one attached hydrogen (secondary N) is 2. The van der Waals surface area contributed by atoms with Gasteiger partial charge in [-0.05, 0) is 50.3 Å². The standard InChI is InChI=1S/C25H22F2N6O2S2/c1-12-20(21-29-14-7-3-4-8-15(14)33(21)24(26)27)37-25(28-12)32-18(34)11-10-17-30-22(35)19-13-6-2-5-9-16(13)36-23(19)31-17/h3-4,7-8,24H,2,5-6,9-11H2,1H3,(H,28,32,34)(H,30,31,35). The summed E-state index contributed by atoms with van der Waals surface area (Å²) in [5.74, 6) is 0.268. The molecule has 1 amide bonds. The molecule has 0 fully saturated rings. The minimum atomic E-state index is -2.78. The number of rotatable bonds is 6. The van der Waals surface area contributed by atoms with Gasteiger partial charge in [0.15, 0.2) is 11.0 Å². The molecule has 2 N–H and O–H groups in total. The number of imidazole rings is 1. The van der Waals surface area contributed by atoms with Crippen molar-refractivity contribution in [3.05, 3.63) is 56.6 Å². The van der Waals surface area contributed by atoms with Crippen LogP contribution in [0.3, 0.4) is 0 Å². The molecule has 5 aromatic rings. The number of benzene rings is 1. The maximum Gasteiger partial charge on any atom is 0.320 e. The third-order valence-corrected chi connectivity index (χ3v) is 8.75. The van der Waals surface area contributed by atoms with Crippen LogP contribution in [-0.4, -0.2) is 30.4 Å². The average Bonchev–Trinajstić information content (AvgIpc) is 3.54. The topological polar surface area (TPSA) is 106 Å². The molecular formula is C25H22F2N6O2S2. The number of hydrogen-bond acceptors (Lipinski definition) is 7. The Balaban J connectivity index is 1.19. The van der Waals surface area contributed by atoms with E-state index in [-0.39, 0.29) is 30.1 Å². The number of carbonyl (C=O) groups excluding carboxylic acids is 1. The lowest BCUT2D eigenvalue weighted by Gasteiger charge is -2.09. The van der Waals surface area contributed by atoms with Gasteiger partial charge in [-0.25, -0.2) is 15.0 Å². The Morgan fingerprint density at radius 3 is 2.81 bits per heavy atom. The van der Waals surface area contributed by atoms with E-state index >= 15 is 0 Å². The number of alkyl halides is 2. The number of halogens is 2. The van der Waals surface area contributed by atoms with Gasteiger partial charge < -0.3 is 10.3 Å². The highest BCUT2D eigenvalue weighted by atomic mass is 32.1. The maximum absolute atomic E-state index is 13.9. The van der Waals surface area contributed by atoms with Crippen LogP contribution in [0, 0.1) is 6.92 Å². The summed E-state index contributed by atoms with van der Waals surface area (Å²) < 4.78 is 28.7. The molecule has 1 aromatic carbocycles. The van der Waals surface area contributed by atoms with Crippen molar-refractivity contribution in [1.82, 2.24) is 24.5 Å². The predicted octanol–water partition coefficient (Wildman–Crippen LogP) is 5.61. The minimum Gasteiger partial charge on any atom is -0.310 e. The quantitative estimate of drug-likeness (QED) is 0.291. The van der Waals surface area contributed by atoms with Crippen molar-refractivity contribution >= 4 is 55.0 Å². The van der Waals surface area contributed by atoms with Crippen LogP contribution in [0.25, 0.3) is 32.0 Å². The van der Waals surface area contributed by atoms with Crippen LogP contribution in [0.5, 0.6) is 0 Å². The number of carbonyl (C=O) groups is 1. The fraction of sp³-hybridized carbons (Fsp3) is 0.320. The third kappa shape index (κ3) is 4.33. The Hall–Kier alpha value is -3.51. The van der Waals surface area contributed by atoms with E-state index in [0.29, 0.717) is 37.9 Å². The van der Waals surface area contributed by atoms with Gasteiger partial charge in [0.25, 0.3) is 5.56 Å². The molecule has 8 nitrogen and oxygen atoms in total. The molecule has 1 aliphatic rings. The number of hydrogen-bond donors (Lipinski definition) is 2. The van der Waals surface area contributed by atoms with E-state index in [2.05, 4.69) is 25.3 Å². The van der Waals surface area contributed by atoms with Crippen LogP contribution in [-0.2, 0) is 24.1 Å². The average molecular weight is 541 g/mol. The van der Waals surface area contributed by atoms with Crippen molar-refractivity contribution in [2.24, 2.45) is 0 Å². The van der Waals surface area contributed by atoms with E-state index in [4.69, 9.17) is 0 Å². The second-order valence-corrected chi connectivity index (χ2v) is 11.0. The van der Waals surface area contributed by atoms with Crippen molar-refractivity contribution in [3.8, 4) is 10.7 Å². The van der Waals surface area contributed by atoms with Crippen LogP contribution in [0.15, 0.2) is 29.1 Å².